The molecule has 8 heteroatoms. The van der Waals surface area contributed by atoms with Crippen LogP contribution in [0.15, 0.2) is 36.5 Å². The number of hydrogen-bond donors (Lipinski definition) is 0. The molecule has 0 aliphatic rings. The van der Waals surface area contributed by atoms with Gasteiger partial charge in [0.2, 0.25) is 0 Å². The Morgan fingerprint density at radius 3 is 2.74 bits per heavy atom. The number of aryl methyl sites for hydroxylation is 2. The molecule has 1 amide bonds. The van der Waals surface area contributed by atoms with E-state index in [9.17, 15) is 9.59 Å². The monoisotopic (exact) mass is 386 g/mol. The molecule has 27 heavy (non-hydrogen) atoms. The number of esters is 1. The number of rotatable bonds is 5. The van der Waals surface area contributed by atoms with E-state index >= 15 is 0 Å². The SMILES string of the molecule is COC(=O)CN(Cc1ccccc1Cl)C(=O)c1cnc2c(c1)c(C)nn2C. The van der Waals surface area contributed by atoms with Gasteiger partial charge >= 0.3 is 5.97 Å². The molecule has 0 radical (unpaired) electrons. The van der Waals surface area contributed by atoms with Crippen LogP contribution in [-0.2, 0) is 23.1 Å². The Bertz CT molecular complexity index is 1020. The first-order chi connectivity index (χ1) is 12.9. The predicted molar refractivity (Wildman–Crippen MR) is 101 cm³/mol. The Balaban J connectivity index is 1.95. The number of pyridine rings is 1. The summed E-state index contributed by atoms with van der Waals surface area (Å²) in [5.41, 5.74) is 2.58. The maximum Gasteiger partial charge on any atom is 0.325 e. The molecule has 3 aromatic rings. The first-order valence-electron chi connectivity index (χ1n) is 8.29. The second-order valence-corrected chi connectivity index (χ2v) is 6.54. The van der Waals surface area contributed by atoms with Crippen LogP contribution in [-0.4, -0.2) is 45.2 Å². The molecule has 0 saturated heterocycles. The van der Waals surface area contributed by atoms with E-state index in [2.05, 4.69) is 10.1 Å². The van der Waals surface area contributed by atoms with Gasteiger partial charge < -0.3 is 9.64 Å². The first-order valence-corrected chi connectivity index (χ1v) is 8.67. The fourth-order valence-electron chi connectivity index (χ4n) is 2.86. The Kier molecular flexibility index (Phi) is 5.41. The van der Waals surface area contributed by atoms with Crippen molar-refractivity contribution in [3.8, 4) is 0 Å². The third kappa shape index (κ3) is 3.93. The van der Waals surface area contributed by atoms with Crippen LogP contribution in [0.2, 0.25) is 5.02 Å². The van der Waals surface area contributed by atoms with Crippen LogP contribution in [0.25, 0.3) is 11.0 Å². The normalized spacial score (nSPS) is 10.8. The lowest BCUT2D eigenvalue weighted by Gasteiger charge is -2.22. The third-order valence-corrected chi connectivity index (χ3v) is 4.63. The molecule has 7 nitrogen and oxygen atoms in total. The number of benzene rings is 1. The molecule has 2 aromatic heterocycles. The molecular weight excluding hydrogens is 368 g/mol. The summed E-state index contributed by atoms with van der Waals surface area (Å²) in [5, 5.41) is 5.63. The van der Waals surface area contributed by atoms with Gasteiger partial charge in [0.25, 0.3) is 5.91 Å². The quantitative estimate of drug-likeness (QED) is 0.630. The molecule has 0 aliphatic heterocycles. The third-order valence-electron chi connectivity index (χ3n) is 4.26. The average Bonchev–Trinajstić information content (AvgIpc) is 2.95. The second-order valence-electron chi connectivity index (χ2n) is 6.13. The van der Waals surface area contributed by atoms with Crippen LogP contribution in [0.1, 0.15) is 21.6 Å². The standard InChI is InChI=1S/C19H19ClN4O3/c1-12-15-8-14(9-21-18(15)23(2)22-12)19(26)24(11-17(25)27-3)10-13-6-4-5-7-16(13)20/h4-9H,10-11H2,1-3H3. The average molecular weight is 387 g/mol. The Labute approximate surface area is 161 Å². The number of amides is 1. The van der Waals surface area contributed by atoms with Crippen molar-refractivity contribution < 1.29 is 14.3 Å². The van der Waals surface area contributed by atoms with Gasteiger partial charge in [0, 0.05) is 30.2 Å². The molecule has 0 N–H and O–H groups in total. The Morgan fingerprint density at radius 2 is 2.04 bits per heavy atom. The highest BCUT2D eigenvalue weighted by Crippen LogP contribution is 2.21. The van der Waals surface area contributed by atoms with Crippen LogP contribution in [0.3, 0.4) is 0 Å². The van der Waals surface area contributed by atoms with Crippen molar-refractivity contribution in [3.05, 3.63) is 58.4 Å². The number of fused-ring (bicyclic) bond motifs is 1. The van der Waals surface area contributed by atoms with E-state index in [0.29, 0.717) is 16.2 Å². The van der Waals surface area contributed by atoms with Gasteiger partial charge in [0.15, 0.2) is 5.65 Å². The van der Waals surface area contributed by atoms with Gasteiger partial charge in [-0.05, 0) is 24.6 Å². The van der Waals surface area contributed by atoms with Crippen LogP contribution in [0.4, 0.5) is 0 Å². The van der Waals surface area contributed by atoms with E-state index in [1.54, 1.807) is 29.9 Å². The molecule has 0 bridgehead atoms. The minimum atomic E-state index is -0.512. The van der Waals surface area contributed by atoms with Gasteiger partial charge in [-0.3, -0.25) is 14.3 Å². The van der Waals surface area contributed by atoms with Gasteiger partial charge in [-0.15, -0.1) is 0 Å². The van der Waals surface area contributed by atoms with Crippen molar-refractivity contribution in [2.45, 2.75) is 13.5 Å². The van der Waals surface area contributed by atoms with E-state index < -0.39 is 5.97 Å². The van der Waals surface area contributed by atoms with Gasteiger partial charge in [-0.25, -0.2) is 4.98 Å². The lowest BCUT2D eigenvalue weighted by molar-refractivity contribution is -0.141. The summed E-state index contributed by atoms with van der Waals surface area (Å²) in [7, 11) is 3.08. The molecule has 0 saturated carbocycles. The van der Waals surface area contributed by atoms with Crippen molar-refractivity contribution in [2.24, 2.45) is 7.05 Å². The van der Waals surface area contributed by atoms with Gasteiger partial charge in [0.05, 0.1) is 18.4 Å². The fourth-order valence-corrected chi connectivity index (χ4v) is 3.06. The molecule has 0 spiro atoms. The molecule has 0 fully saturated rings. The highest BCUT2D eigenvalue weighted by molar-refractivity contribution is 6.31. The van der Waals surface area contributed by atoms with E-state index in [1.807, 2.05) is 19.1 Å². The molecule has 2 heterocycles. The van der Waals surface area contributed by atoms with Gasteiger partial charge in [0.1, 0.15) is 6.54 Å². The van der Waals surface area contributed by atoms with Crippen molar-refractivity contribution in [2.75, 3.05) is 13.7 Å². The Morgan fingerprint density at radius 1 is 1.30 bits per heavy atom. The van der Waals surface area contributed by atoms with Crippen LogP contribution in [0.5, 0.6) is 0 Å². The number of nitrogens with zero attached hydrogens (tertiary/aromatic N) is 4. The van der Waals surface area contributed by atoms with Gasteiger partial charge in [-0.1, -0.05) is 29.8 Å². The molecular formula is C19H19ClN4O3. The van der Waals surface area contributed by atoms with E-state index in [-0.39, 0.29) is 19.0 Å². The lowest BCUT2D eigenvalue weighted by atomic mass is 10.1. The maximum atomic E-state index is 13.1. The molecule has 0 atom stereocenters. The van der Waals surface area contributed by atoms with Crippen molar-refractivity contribution in [3.63, 3.8) is 0 Å². The number of hydrogen-bond acceptors (Lipinski definition) is 5. The van der Waals surface area contributed by atoms with Crippen LogP contribution < -0.4 is 0 Å². The molecule has 140 valence electrons. The number of carbonyl (C=O) groups excluding carboxylic acids is 2. The second kappa shape index (κ2) is 7.75. The van der Waals surface area contributed by atoms with Crippen LogP contribution >= 0.6 is 11.6 Å². The zero-order valence-electron chi connectivity index (χ0n) is 15.3. The number of aromatic nitrogens is 3. The zero-order valence-corrected chi connectivity index (χ0v) is 16.0. The highest BCUT2D eigenvalue weighted by Gasteiger charge is 2.22. The van der Waals surface area contributed by atoms with E-state index in [0.717, 1.165) is 16.6 Å². The summed E-state index contributed by atoms with van der Waals surface area (Å²) in [6.45, 7) is 1.84. The summed E-state index contributed by atoms with van der Waals surface area (Å²) in [6, 6.07) is 8.93. The summed E-state index contributed by atoms with van der Waals surface area (Å²) >= 11 is 6.21. The smallest absolute Gasteiger partial charge is 0.325 e. The summed E-state index contributed by atoms with van der Waals surface area (Å²) in [6.07, 6.45) is 1.49. The summed E-state index contributed by atoms with van der Waals surface area (Å²) < 4.78 is 6.39. The molecule has 3 rings (SSSR count). The van der Waals surface area contributed by atoms with E-state index in [4.69, 9.17) is 16.3 Å². The number of carbonyl (C=O) groups is 2. The van der Waals surface area contributed by atoms with Gasteiger partial charge in [-0.2, -0.15) is 5.10 Å². The fraction of sp³-hybridized carbons (Fsp3) is 0.263. The zero-order chi connectivity index (χ0) is 19.6. The molecule has 1 aromatic carbocycles. The minimum absolute atomic E-state index is 0.178. The molecule has 0 unspecified atom stereocenters. The summed E-state index contributed by atoms with van der Waals surface area (Å²) in [5.74, 6) is -0.847. The number of ether oxygens (including phenoxy) is 1. The maximum absolute atomic E-state index is 13.1. The van der Waals surface area contributed by atoms with E-state index in [1.165, 1.54) is 18.2 Å². The minimum Gasteiger partial charge on any atom is -0.468 e. The van der Waals surface area contributed by atoms with Crippen molar-refractivity contribution in [1.82, 2.24) is 19.7 Å². The summed E-state index contributed by atoms with van der Waals surface area (Å²) in [4.78, 5) is 30.6. The lowest BCUT2D eigenvalue weighted by Crippen LogP contribution is -2.36. The largest absolute Gasteiger partial charge is 0.468 e. The number of methoxy groups -OCH3 is 1. The van der Waals surface area contributed by atoms with Crippen LogP contribution in [0, 0.1) is 6.92 Å². The highest BCUT2D eigenvalue weighted by atomic mass is 35.5. The topological polar surface area (TPSA) is 77.3 Å². The first kappa shape index (κ1) is 18.8. The molecule has 0 aliphatic carbocycles. The van der Waals surface area contributed by atoms with Crippen molar-refractivity contribution in [1.29, 1.82) is 0 Å². The van der Waals surface area contributed by atoms with Crippen molar-refractivity contribution >= 4 is 34.5 Å². The number of halogens is 1. The Hall–Kier alpha value is -2.93. The predicted octanol–water partition coefficient (Wildman–Crippen LogP) is 2.75.